The first kappa shape index (κ1) is 21.9. The molecule has 2 unspecified atom stereocenters. The zero-order valence-electron chi connectivity index (χ0n) is 19.0. The summed E-state index contributed by atoms with van der Waals surface area (Å²) in [7, 11) is 0. The van der Waals surface area contributed by atoms with Crippen LogP contribution in [-0.4, -0.2) is 61.7 Å². The predicted octanol–water partition coefficient (Wildman–Crippen LogP) is 1.18. The molecule has 0 spiro atoms. The maximum atomic E-state index is 13.4. The minimum atomic E-state index is -0.643. The first-order valence-electron chi connectivity index (χ1n) is 11.7. The molecule has 5 rings (SSSR count). The molecule has 9 heteroatoms. The first-order chi connectivity index (χ1) is 15.6. The molecular weight excluding hydrogens is 422 g/mol. The number of carbonyl (C=O) groups excluding carboxylic acids is 3. The maximum absolute atomic E-state index is 13.4. The van der Waals surface area contributed by atoms with Crippen molar-refractivity contribution in [2.24, 2.45) is 17.1 Å². The van der Waals surface area contributed by atoms with Gasteiger partial charge in [0.25, 0.3) is 5.91 Å². The Morgan fingerprint density at radius 1 is 1.18 bits per heavy atom. The van der Waals surface area contributed by atoms with E-state index in [4.69, 9.17) is 5.73 Å². The summed E-state index contributed by atoms with van der Waals surface area (Å²) in [6.45, 7) is 4.14. The molecule has 0 bridgehead atoms. The van der Waals surface area contributed by atoms with Crippen molar-refractivity contribution in [2.75, 3.05) is 0 Å². The van der Waals surface area contributed by atoms with Gasteiger partial charge in [0.05, 0.1) is 11.6 Å². The van der Waals surface area contributed by atoms with Crippen LogP contribution < -0.4 is 11.1 Å². The van der Waals surface area contributed by atoms with E-state index >= 15 is 0 Å². The molecule has 1 saturated heterocycles. The standard InChI is InChI=1S/C24H31N5O4/c1-24(2)10-14(9-15(30)11-24)26-23(33)19-8-13-7-18(13)29(19)20(31)12-28-17-6-4-3-5-16(17)21(27-28)22(25)32/h3-6,13-15,18-19,30H,7-12H2,1-2H3,(H2,25,32)(H,26,33)/t13-,14?,15?,18-,19+/m1/s1. The fourth-order valence-corrected chi connectivity index (χ4v) is 5.98. The van der Waals surface area contributed by atoms with Crippen molar-refractivity contribution in [1.82, 2.24) is 20.0 Å². The Hall–Kier alpha value is -2.94. The molecule has 5 atom stereocenters. The van der Waals surface area contributed by atoms with Crippen LogP contribution in [0, 0.1) is 11.3 Å². The smallest absolute Gasteiger partial charge is 0.269 e. The maximum Gasteiger partial charge on any atom is 0.269 e. The van der Waals surface area contributed by atoms with Crippen LogP contribution in [0.4, 0.5) is 0 Å². The molecule has 9 nitrogen and oxygen atoms in total. The number of nitrogens with one attached hydrogen (secondary N) is 1. The van der Waals surface area contributed by atoms with E-state index in [-0.39, 0.29) is 41.6 Å². The predicted molar refractivity (Wildman–Crippen MR) is 121 cm³/mol. The van der Waals surface area contributed by atoms with Gasteiger partial charge in [0.2, 0.25) is 11.8 Å². The van der Waals surface area contributed by atoms with E-state index in [9.17, 15) is 19.5 Å². The lowest BCUT2D eigenvalue weighted by atomic mass is 9.73. The molecule has 1 aromatic carbocycles. The van der Waals surface area contributed by atoms with Gasteiger partial charge in [0, 0.05) is 17.5 Å². The number of hydrogen-bond donors (Lipinski definition) is 3. The molecular formula is C24H31N5O4. The zero-order chi connectivity index (χ0) is 23.5. The molecule has 1 aliphatic heterocycles. The lowest BCUT2D eigenvalue weighted by Crippen LogP contribution is -2.53. The van der Waals surface area contributed by atoms with E-state index in [0.717, 1.165) is 19.3 Å². The number of amides is 3. The van der Waals surface area contributed by atoms with Gasteiger partial charge in [-0.2, -0.15) is 5.10 Å². The Morgan fingerprint density at radius 3 is 2.67 bits per heavy atom. The van der Waals surface area contributed by atoms with Crippen LogP contribution in [0.15, 0.2) is 24.3 Å². The van der Waals surface area contributed by atoms with Gasteiger partial charge in [-0.25, -0.2) is 0 Å². The Balaban J connectivity index is 1.33. The third kappa shape index (κ3) is 4.10. The number of aromatic nitrogens is 2. The third-order valence-corrected chi connectivity index (χ3v) is 7.36. The van der Waals surface area contributed by atoms with Crippen molar-refractivity contribution in [2.45, 2.75) is 76.7 Å². The number of hydrogen-bond acceptors (Lipinski definition) is 5. The molecule has 0 radical (unpaired) electrons. The first-order valence-corrected chi connectivity index (χ1v) is 11.7. The second-order valence-corrected chi connectivity index (χ2v) is 10.7. The van der Waals surface area contributed by atoms with E-state index in [1.807, 2.05) is 6.07 Å². The third-order valence-electron chi connectivity index (χ3n) is 7.36. The van der Waals surface area contributed by atoms with Gasteiger partial charge in [-0.05, 0) is 49.5 Å². The number of likely N-dealkylation sites (tertiary alicyclic amines) is 1. The number of aliphatic hydroxyl groups excluding tert-OH is 1. The van der Waals surface area contributed by atoms with Crippen molar-refractivity contribution in [3.05, 3.63) is 30.0 Å². The summed E-state index contributed by atoms with van der Waals surface area (Å²) in [4.78, 5) is 40.1. The fourth-order valence-electron chi connectivity index (χ4n) is 5.98. The van der Waals surface area contributed by atoms with Gasteiger partial charge < -0.3 is 21.1 Å². The summed E-state index contributed by atoms with van der Waals surface area (Å²) >= 11 is 0. The monoisotopic (exact) mass is 453 g/mol. The highest BCUT2D eigenvalue weighted by Crippen LogP contribution is 2.48. The Bertz CT molecular complexity index is 1130. The van der Waals surface area contributed by atoms with Crippen LogP contribution in [0.3, 0.4) is 0 Å². The van der Waals surface area contributed by atoms with Crippen LogP contribution in [0.1, 0.15) is 56.4 Å². The van der Waals surface area contributed by atoms with Crippen LogP contribution >= 0.6 is 0 Å². The van der Waals surface area contributed by atoms with Gasteiger partial charge >= 0.3 is 0 Å². The Morgan fingerprint density at radius 2 is 1.94 bits per heavy atom. The summed E-state index contributed by atoms with van der Waals surface area (Å²) < 4.78 is 1.50. The summed E-state index contributed by atoms with van der Waals surface area (Å²) in [5, 5.41) is 18.2. The van der Waals surface area contributed by atoms with E-state index < -0.39 is 18.1 Å². The van der Waals surface area contributed by atoms with Crippen molar-refractivity contribution in [3.63, 3.8) is 0 Å². The topological polar surface area (TPSA) is 131 Å². The number of piperidine rings is 1. The molecule has 4 N–H and O–H groups in total. The largest absolute Gasteiger partial charge is 0.393 e. The van der Waals surface area contributed by atoms with Crippen LogP contribution in [-0.2, 0) is 16.1 Å². The highest BCUT2D eigenvalue weighted by Gasteiger charge is 2.56. The second kappa shape index (κ2) is 7.83. The molecule has 1 aromatic heterocycles. The highest BCUT2D eigenvalue weighted by atomic mass is 16.3. The lowest BCUT2D eigenvalue weighted by molar-refractivity contribution is -0.141. The zero-order valence-corrected chi connectivity index (χ0v) is 19.0. The Kier molecular flexibility index (Phi) is 5.19. The molecule has 2 aliphatic carbocycles. The minimum absolute atomic E-state index is 0.0395. The molecule has 2 aromatic rings. The van der Waals surface area contributed by atoms with Gasteiger partial charge in [-0.3, -0.25) is 19.1 Å². The number of primary amides is 1. The number of fused-ring (bicyclic) bond motifs is 2. The van der Waals surface area contributed by atoms with Gasteiger partial charge in [0.1, 0.15) is 12.6 Å². The molecule has 2 heterocycles. The van der Waals surface area contributed by atoms with Crippen LogP contribution in [0.5, 0.6) is 0 Å². The number of aliphatic hydroxyl groups is 1. The van der Waals surface area contributed by atoms with Crippen molar-refractivity contribution < 1.29 is 19.5 Å². The SMILES string of the molecule is CC1(C)CC(O)CC(NC(=O)[C@@H]2C[C@H]3C[C@H]3N2C(=O)Cn2nc(C(N)=O)c3ccccc32)C1. The molecule has 2 saturated carbocycles. The number of nitrogens with zero attached hydrogens (tertiary/aromatic N) is 3. The Labute approximate surface area is 192 Å². The minimum Gasteiger partial charge on any atom is -0.393 e. The molecule has 3 amide bonds. The lowest BCUT2D eigenvalue weighted by Gasteiger charge is -2.39. The summed E-state index contributed by atoms with van der Waals surface area (Å²) in [6.07, 6.45) is 3.21. The van der Waals surface area contributed by atoms with E-state index in [1.165, 1.54) is 4.68 Å². The summed E-state index contributed by atoms with van der Waals surface area (Å²) in [5.74, 6) is -0.619. The van der Waals surface area contributed by atoms with E-state index in [2.05, 4.69) is 24.3 Å². The average Bonchev–Trinajstić information content (AvgIpc) is 3.22. The van der Waals surface area contributed by atoms with E-state index in [1.54, 1.807) is 23.1 Å². The molecule has 33 heavy (non-hydrogen) atoms. The number of rotatable bonds is 5. The van der Waals surface area contributed by atoms with Crippen LogP contribution in [0.25, 0.3) is 10.9 Å². The molecule has 176 valence electrons. The van der Waals surface area contributed by atoms with Crippen molar-refractivity contribution in [3.8, 4) is 0 Å². The van der Waals surface area contributed by atoms with Crippen molar-refractivity contribution in [1.29, 1.82) is 0 Å². The number of nitrogens with two attached hydrogens (primary N) is 1. The number of benzene rings is 1. The van der Waals surface area contributed by atoms with Crippen LogP contribution in [0.2, 0.25) is 0 Å². The summed E-state index contributed by atoms with van der Waals surface area (Å²) in [6, 6.07) is 6.64. The van der Waals surface area contributed by atoms with Gasteiger partial charge in [-0.15, -0.1) is 0 Å². The fraction of sp³-hybridized carbons (Fsp3) is 0.583. The molecule has 3 aliphatic rings. The normalized spacial score (nSPS) is 30.2. The highest BCUT2D eigenvalue weighted by molar-refractivity contribution is 6.04. The number of carbonyl (C=O) groups is 3. The van der Waals surface area contributed by atoms with E-state index in [0.29, 0.717) is 29.7 Å². The van der Waals surface area contributed by atoms with Gasteiger partial charge in [-0.1, -0.05) is 32.0 Å². The summed E-state index contributed by atoms with van der Waals surface area (Å²) in [5.41, 5.74) is 6.23. The second-order valence-electron chi connectivity index (χ2n) is 10.7. The van der Waals surface area contributed by atoms with Crippen molar-refractivity contribution >= 4 is 28.6 Å². The quantitative estimate of drug-likeness (QED) is 0.626. The number of para-hydroxylation sites is 1. The molecule has 3 fully saturated rings. The van der Waals surface area contributed by atoms with Gasteiger partial charge in [0.15, 0.2) is 5.69 Å². The average molecular weight is 454 g/mol.